The van der Waals surface area contributed by atoms with Gasteiger partial charge in [0, 0.05) is 5.41 Å². The van der Waals surface area contributed by atoms with Crippen molar-refractivity contribution in [3.8, 4) is 0 Å². The summed E-state index contributed by atoms with van der Waals surface area (Å²) in [7, 11) is -1.84. The molecule has 2 atom stereocenters. The molecule has 0 amide bonds. The smallest absolute Gasteiger partial charge is 0.192 e. The van der Waals surface area contributed by atoms with Crippen LogP contribution in [0.2, 0.25) is 18.1 Å². The average molecular weight is 373 g/mol. The van der Waals surface area contributed by atoms with Crippen LogP contribution in [0.25, 0.3) is 0 Å². The maximum absolute atomic E-state index is 6.87. The Balaban J connectivity index is 2.13. The predicted molar refractivity (Wildman–Crippen MR) is 114 cm³/mol. The van der Waals surface area contributed by atoms with Gasteiger partial charge in [-0.25, -0.2) is 0 Å². The summed E-state index contributed by atoms with van der Waals surface area (Å²) in [4.78, 5) is 0. The van der Waals surface area contributed by atoms with E-state index >= 15 is 0 Å². The molecule has 0 N–H and O–H groups in total. The van der Waals surface area contributed by atoms with Gasteiger partial charge in [-0.1, -0.05) is 69.3 Å². The van der Waals surface area contributed by atoms with Gasteiger partial charge in [0.05, 0.1) is 19.3 Å². The summed E-state index contributed by atoms with van der Waals surface area (Å²) >= 11 is 0. The van der Waals surface area contributed by atoms with E-state index in [1.165, 1.54) is 5.56 Å². The van der Waals surface area contributed by atoms with E-state index < -0.39 is 8.32 Å². The van der Waals surface area contributed by atoms with Gasteiger partial charge in [0.1, 0.15) is 0 Å². The lowest BCUT2D eigenvalue weighted by Crippen LogP contribution is -2.51. The lowest BCUT2D eigenvalue weighted by atomic mass is 9.73. The normalized spacial score (nSPS) is 23.8. The van der Waals surface area contributed by atoms with Gasteiger partial charge in [-0.05, 0) is 43.0 Å². The van der Waals surface area contributed by atoms with Crippen molar-refractivity contribution in [1.82, 2.24) is 0 Å². The second-order valence-corrected chi connectivity index (χ2v) is 13.9. The van der Waals surface area contributed by atoms with Crippen molar-refractivity contribution in [1.29, 1.82) is 0 Å². The van der Waals surface area contributed by atoms with Crippen LogP contribution in [0.3, 0.4) is 0 Å². The standard InChI is InChI=1S/C23H36O2Si/c1-7-16-23(19-24-18-20-13-9-8-10-14-20)17-12-11-15-21(23)25-26(5,6)22(2,3)4/h7-14,21H,1,15-19H2,2-6H3/t21-,23-/m0/s1. The van der Waals surface area contributed by atoms with Crippen LogP contribution in [-0.2, 0) is 15.8 Å². The van der Waals surface area contributed by atoms with Gasteiger partial charge in [-0.2, -0.15) is 0 Å². The second kappa shape index (κ2) is 8.68. The third-order valence-electron chi connectivity index (χ3n) is 6.02. The highest BCUT2D eigenvalue weighted by molar-refractivity contribution is 6.74. The molecule has 2 rings (SSSR count). The molecule has 144 valence electrons. The molecule has 1 aliphatic carbocycles. The molecular formula is C23H36O2Si. The summed E-state index contributed by atoms with van der Waals surface area (Å²) < 4.78 is 13.1. The predicted octanol–water partition coefficient (Wildman–Crippen LogP) is 6.51. The first-order valence-electron chi connectivity index (χ1n) is 9.76. The van der Waals surface area contributed by atoms with E-state index in [2.05, 4.69) is 76.9 Å². The Hall–Kier alpha value is -1.16. The van der Waals surface area contributed by atoms with Crippen LogP contribution in [0.4, 0.5) is 0 Å². The fourth-order valence-corrected chi connectivity index (χ4v) is 4.70. The number of hydrogen-bond acceptors (Lipinski definition) is 2. The minimum atomic E-state index is -1.84. The van der Waals surface area contributed by atoms with Crippen LogP contribution in [0, 0.1) is 5.41 Å². The molecular weight excluding hydrogens is 336 g/mol. The van der Waals surface area contributed by atoms with Gasteiger partial charge in [0.2, 0.25) is 0 Å². The van der Waals surface area contributed by atoms with Crippen molar-refractivity contribution in [2.24, 2.45) is 5.41 Å². The van der Waals surface area contributed by atoms with E-state index in [1.807, 2.05) is 12.1 Å². The van der Waals surface area contributed by atoms with Crippen molar-refractivity contribution in [2.45, 2.75) is 70.9 Å². The third kappa shape index (κ3) is 5.18. The van der Waals surface area contributed by atoms with Crippen LogP contribution in [0.15, 0.2) is 55.1 Å². The molecule has 2 nitrogen and oxygen atoms in total. The van der Waals surface area contributed by atoms with Gasteiger partial charge < -0.3 is 9.16 Å². The molecule has 0 aromatic heterocycles. The highest BCUT2D eigenvalue weighted by Crippen LogP contribution is 2.45. The van der Waals surface area contributed by atoms with Crippen molar-refractivity contribution >= 4 is 8.32 Å². The molecule has 1 aromatic rings. The largest absolute Gasteiger partial charge is 0.413 e. The zero-order chi connectivity index (χ0) is 19.3. The van der Waals surface area contributed by atoms with E-state index in [0.29, 0.717) is 13.2 Å². The number of rotatable bonds is 8. The number of ether oxygens (including phenoxy) is 1. The van der Waals surface area contributed by atoms with Gasteiger partial charge >= 0.3 is 0 Å². The molecule has 0 saturated heterocycles. The fourth-order valence-electron chi connectivity index (χ4n) is 3.28. The van der Waals surface area contributed by atoms with Gasteiger partial charge in [0.15, 0.2) is 8.32 Å². The first-order valence-corrected chi connectivity index (χ1v) is 12.7. The van der Waals surface area contributed by atoms with Crippen LogP contribution < -0.4 is 0 Å². The maximum Gasteiger partial charge on any atom is 0.192 e. The molecule has 0 heterocycles. The summed E-state index contributed by atoms with van der Waals surface area (Å²) in [5, 5.41) is 0.207. The van der Waals surface area contributed by atoms with E-state index in [1.54, 1.807) is 0 Å². The molecule has 26 heavy (non-hydrogen) atoms. The quantitative estimate of drug-likeness (QED) is 0.383. The molecule has 0 unspecified atom stereocenters. The minimum Gasteiger partial charge on any atom is -0.413 e. The van der Waals surface area contributed by atoms with Crippen molar-refractivity contribution in [3.63, 3.8) is 0 Å². The zero-order valence-electron chi connectivity index (χ0n) is 17.3. The summed E-state index contributed by atoms with van der Waals surface area (Å²) in [5.41, 5.74) is 1.20. The summed E-state index contributed by atoms with van der Waals surface area (Å²) in [6, 6.07) is 10.4. The number of hydrogen-bond donors (Lipinski definition) is 0. The van der Waals surface area contributed by atoms with Crippen molar-refractivity contribution in [3.05, 3.63) is 60.7 Å². The van der Waals surface area contributed by atoms with Crippen LogP contribution in [0.1, 0.15) is 45.6 Å². The Kier molecular flexibility index (Phi) is 7.06. The molecule has 0 radical (unpaired) electrons. The fraction of sp³-hybridized carbons (Fsp3) is 0.565. The summed E-state index contributed by atoms with van der Waals surface area (Å²) in [5.74, 6) is 0. The van der Waals surface area contributed by atoms with Gasteiger partial charge in [-0.15, -0.1) is 6.58 Å². The summed E-state index contributed by atoms with van der Waals surface area (Å²) in [6.07, 6.45) is 9.68. The SMILES string of the molecule is C=CC[C@@]1(COCc2ccccc2)CC=CC[C@@H]1O[Si](C)(C)C(C)(C)C. The Morgan fingerprint density at radius 1 is 1.19 bits per heavy atom. The molecule has 3 heteroatoms. The molecule has 0 spiro atoms. The van der Waals surface area contributed by atoms with E-state index in [9.17, 15) is 0 Å². The number of allylic oxidation sites excluding steroid dienone is 2. The first-order chi connectivity index (χ1) is 12.2. The van der Waals surface area contributed by atoms with Crippen LogP contribution in [-0.4, -0.2) is 21.0 Å². The molecule has 0 saturated carbocycles. The van der Waals surface area contributed by atoms with E-state index in [-0.39, 0.29) is 16.6 Å². The van der Waals surface area contributed by atoms with E-state index in [0.717, 1.165) is 19.3 Å². The number of benzene rings is 1. The Morgan fingerprint density at radius 2 is 1.88 bits per heavy atom. The highest BCUT2D eigenvalue weighted by Gasteiger charge is 2.46. The zero-order valence-corrected chi connectivity index (χ0v) is 18.3. The molecule has 1 aliphatic rings. The van der Waals surface area contributed by atoms with E-state index in [4.69, 9.17) is 9.16 Å². The molecule has 0 bridgehead atoms. The lowest BCUT2D eigenvalue weighted by molar-refractivity contribution is -0.0436. The summed E-state index contributed by atoms with van der Waals surface area (Å²) in [6.45, 7) is 17.0. The molecule has 1 aromatic carbocycles. The van der Waals surface area contributed by atoms with Crippen LogP contribution >= 0.6 is 0 Å². The highest BCUT2D eigenvalue weighted by atomic mass is 28.4. The molecule has 0 aliphatic heterocycles. The Morgan fingerprint density at radius 3 is 2.50 bits per heavy atom. The Bertz CT molecular complexity index is 600. The molecule has 0 fully saturated rings. The lowest BCUT2D eigenvalue weighted by Gasteiger charge is -2.47. The minimum absolute atomic E-state index is 0.0131. The van der Waals surface area contributed by atoms with Crippen molar-refractivity contribution < 1.29 is 9.16 Å². The van der Waals surface area contributed by atoms with Gasteiger partial charge in [-0.3, -0.25) is 0 Å². The maximum atomic E-state index is 6.87. The average Bonchev–Trinajstić information content (AvgIpc) is 2.57. The Labute approximate surface area is 161 Å². The monoisotopic (exact) mass is 372 g/mol. The van der Waals surface area contributed by atoms with Crippen LogP contribution in [0.5, 0.6) is 0 Å². The van der Waals surface area contributed by atoms with Crippen molar-refractivity contribution in [2.75, 3.05) is 6.61 Å². The topological polar surface area (TPSA) is 18.5 Å². The third-order valence-corrected chi connectivity index (χ3v) is 10.5. The second-order valence-electron chi connectivity index (χ2n) is 9.11. The first kappa shape index (κ1) is 21.1. The van der Waals surface area contributed by atoms with Gasteiger partial charge in [0.25, 0.3) is 0 Å².